The van der Waals surface area contributed by atoms with Crippen molar-refractivity contribution in [3.63, 3.8) is 0 Å². The molecule has 0 aliphatic heterocycles. The molecule has 0 amide bonds. The molecular formula is C45H27N5. The highest BCUT2D eigenvalue weighted by Gasteiger charge is 2.11. The van der Waals surface area contributed by atoms with Crippen molar-refractivity contribution in [3.05, 3.63) is 164 Å². The Kier molecular flexibility index (Phi) is 6.42. The third-order valence-electron chi connectivity index (χ3n) is 9.58. The van der Waals surface area contributed by atoms with Crippen LogP contribution in [0.3, 0.4) is 0 Å². The van der Waals surface area contributed by atoms with Crippen molar-refractivity contribution in [2.75, 3.05) is 0 Å². The average molecular weight is 638 g/mol. The topological polar surface area (TPSA) is 64.5 Å². The molecule has 0 N–H and O–H groups in total. The van der Waals surface area contributed by atoms with Gasteiger partial charge in [0.2, 0.25) is 0 Å². The molecule has 0 fully saturated rings. The van der Waals surface area contributed by atoms with Crippen molar-refractivity contribution in [2.45, 2.75) is 0 Å². The molecule has 0 atom stereocenters. The Labute approximate surface area is 287 Å². The quantitative estimate of drug-likeness (QED) is 0.180. The molecule has 5 aromatic heterocycles. The Morgan fingerprint density at radius 2 is 0.980 bits per heavy atom. The minimum absolute atomic E-state index is 0.871. The summed E-state index contributed by atoms with van der Waals surface area (Å²) in [5.41, 5.74) is 12.1. The van der Waals surface area contributed by atoms with E-state index in [0.29, 0.717) is 0 Å². The second-order valence-corrected chi connectivity index (χ2v) is 12.6. The number of hydrogen-bond acceptors (Lipinski definition) is 5. The van der Waals surface area contributed by atoms with Crippen molar-refractivity contribution >= 4 is 54.4 Å². The highest BCUT2D eigenvalue weighted by atomic mass is 14.8. The Morgan fingerprint density at radius 3 is 1.78 bits per heavy atom. The molecule has 5 heteroatoms. The SMILES string of the molecule is c1ccc2cc(-c3ccc4cc(-c5ccc6nc(-c7ccc(-c8ccnc9c8ccc8cccnc89)cc7)ccc6c5)ccc4n3)ncc2c1. The maximum Gasteiger partial charge on any atom is 0.0970 e. The van der Waals surface area contributed by atoms with E-state index in [9.17, 15) is 0 Å². The van der Waals surface area contributed by atoms with Crippen molar-refractivity contribution < 1.29 is 0 Å². The maximum absolute atomic E-state index is 5.04. The summed E-state index contributed by atoms with van der Waals surface area (Å²) in [5, 5.41) is 6.66. The Bertz CT molecular complexity index is 2930. The molecule has 0 spiro atoms. The molecule has 5 aromatic carbocycles. The minimum Gasteiger partial charge on any atom is -0.254 e. The van der Waals surface area contributed by atoms with Crippen LogP contribution < -0.4 is 0 Å². The summed E-state index contributed by atoms with van der Waals surface area (Å²) in [6.07, 6.45) is 5.61. The standard InChI is InChI=1S/C45H27N5/c1-2-5-36-27-48-43(26-31(36)4-1)42-20-15-35-25-33(13-18-41(35)50-42)32-12-17-40-34(24-32)14-19-39(49-40)29-9-7-28(8-10-29)37-21-23-47-45-38(37)16-11-30-6-3-22-46-44(30)45/h1-27H. The monoisotopic (exact) mass is 637 g/mol. The van der Waals surface area contributed by atoms with E-state index in [1.165, 1.54) is 0 Å². The molecule has 5 nitrogen and oxygen atoms in total. The first-order chi connectivity index (χ1) is 24.7. The van der Waals surface area contributed by atoms with Gasteiger partial charge in [0.05, 0.1) is 39.1 Å². The van der Waals surface area contributed by atoms with Crippen LogP contribution in [0.15, 0.2) is 164 Å². The summed E-state index contributed by atoms with van der Waals surface area (Å²) < 4.78 is 0. The molecule has 0 radical (unpaired) electrons. The zero-order valence-corrected chi connectivity index (χ0v) is 26.8. The molecule has 0 saturated carbocycles. The van der Waals surface area contributed by atoms with E-state index in [0.717, 1.165) is 99.3 Å². The maximum atomic E-state index is 5.04. The minimum atomic E-state index is 0.871. The summed E-state index contributed by atoms with van der Waals surface area (Å²) in [6, 6.07) is 50.7. The average Bonchev–Trinajstić information content (AvgIpc) is 3.19. The van der Waals surface area contributed by atoms with Gasteiger partial charge in [0.15, 0.2) is 0 Å². The van der Waals surface area contributed by atoms with Crippen molar-refractivity contribution in [1.29, 1.82) is 0 Å². The van der Waals surface area contributed by atoms with Crippen molar-refractivity contribution in [1.82, 2.24) is 24.9 Å². The predicted molar refractivity (Wildman–Crippen MR) is 205 cm³/mol. The first kappa shape index (κ1) is 28.2. The number of pyridine rings is 5. The summed E-state index contributed by atoms with van der Waals surface area (Å²) in [4.78, 5) is 23.9. The molecule has 5 heterocycles. The number of benzene rings is 5. The van der Waals surface area contributed by atoms with Gasteiger partial charge in [0, 0.05) is 51.1 Å². The summed E-state index contributed by atoms with van der Waals surface area (Å²) in [5.74, 6) is 0. The normalized spacial score (nSPS) is 11.6. The fourth-order valence-electron chi connectivity index (χ4n) is 6.96. The van der Waals surface area contributed by atoms with Gasteiger partial charge in [0.25, 0.3) is 0 Å². The molecule has 10 aromatic rings. The third kappa shape index (κ3) is 4.83. The van der Waals surface area contributed by atoms with Crippen LogP contribution in [-0.4, -0.2) is 24.9 Å². The number of rotatable bonds is 4. The van der Waals surface area contributed by atoms with Gasteiger partial charge in [-0.2, -0.15) is 0 Å². The van der Waals surface area contributed by atoms with Gasteiger partial charge in [-0.1, -0.05) is 91.0 Å². The second-order valence-electron chi connectivity index (χ2n) is 12.6. The molecular weight excluding hydrogens is 611 g/mol. The number of nitrogens with zero attached hydrogens (tertiary/aromatic N) is 5. The second kappa shape index (κ2) is 11.4. The molecule has 0 unspecified atom stereocenters. The van der Waals surface area contributed by atoms with E-state index in [2.05, 4.69) is 142 Å². The molecule has 10 rings (SSSR count). The lowest BCUT2D eigenvalue weighted by molar-refractivity contribution is 1.29. The lowest BCUT2D eigenvalue weighted by Gasteiger charge is -2.10. The zero-order chi connectivity index (χ0) is 33.0. The van der Waals surface area contributed by atoms with Gasteiger partial charge in [-0.3, -0.25) is 15.0 Å². The van der Waals surface area contributed by atoms with Gasteiger partial charge in [0.1, 0.15) is 0 Å². The number of aromatic nitrogens is 5. The van der Waals surface area contributed by atoms with E-state index in [1.807, 2.05) is 36.8 Å². The first-order valence-corrected chi connectivity index (χ1v) is 16.6. The number of hydrogen-bond donors (Lipinski definition) is 0. The fraction of sp³-hybridized carbons (Fsp3) is 0. The van der Waals surface area contributed by atoms with E-state index in [1.54, 1.807) is 0 Å². The summed E-state index contributed by atoms with van der Waals surface area (Å²) >= 11 is 0. The smallest absolute Gasteiger partial charge is 0.0970 e. The fourth-order valence-corrected chi connectivity index (χ4v) is 6.96. The van der Waals surface area contributed by atoms with Gasteiger partial charge in [-0.15, -0.1) is 0 Å². The third-order valence-corrected chi connectivity index (χ3v) is 9.58. The largest absolute Gasteiger partial charge is 0.254 e. The van der Waals surface area contributed by atoms with Gasteiger partial charge < -0.3 is 0 Å². The lowest BCUT2D eigenvalue weighted by Crippen LogP contribution is -1.90. The Morgan fingerprint density at radius 1 is 0.340 bits per heavy atom. The highest BCUT2D eigenvalue weighted by molar-refractivity contribution is 6.08. The molecule has 0 saturated heterocycles. The van der Waals surface area contributed by atoms with E-state index in [-0.39, 0.29) is 0 Å². The zero-order valence-electron chi connectivity index (χ0n) is 26.8. The molecule has 0 aliphatic rings. The molecule has 0 bridgehead atoms. The van der Waals surface area contributed by atoms with Crippen LogP contribution >= 0.6 is 0 Å². The number of fused-ring (bicyclic) bond motifs is 6. The van der Waals surface area contributed by atoms with E-state index < -0.39 is 0 Å². The van der Waals surface area contributed by atoms with Crippen molar-refractivity contribution in [3.8, 4) is 44.9 Å². The van der Waals surface area contributed by atoms with Gasteiger partial charge in [-0.05, 0) is 82.2 Å². The predicted octanol–water partition coefficient (Wildman–Crippen LogP) is 11.1. The highest BCUT2D eigenvalue weighted by Crippen LogP contribution is 2.33. The van der Waals surface area contributed by atoms with Crippen LogP contribution in [0.25, 0.3) is 99.3 Å². The van der Waals surface area contributed by atoms with Crippen molar-refractivity contribution in [2.24, 2.45) is 0 Å². The molecule has 232 valence electrons. The summed E-state index contributed by atoms with van der Waals surface area (Å²) in [6.45, 7) is 0. The Balaban J connectivity index is 0.926. The van der Waals surface area contributed by atoms with E-state index >= 15 is 0 Å². The van der Waals surface area contributed by atoms with Gasteiger partial charge in [-0.25, -0.2) is 9.97 Å². The summed E-state index contributed by atoms with van der Waals surface area (Å²) in [7, 11) is 0. The first-order valence-electron chi connectivity index (χ1n) is 16.6. The molecule has 50 heavy (non-hydrogen) atoms. The van der Waals surface area contributed by atoms with Crippen LogP contribution in [-0.2, 0) is 0 Å². The van der Waals surface area contributed by atoms with Crippen LogP contribution in [0.4, 0.5) is 0 Å². The van der Waals surface area contributed by atoms with Crippen LogP contribution in [0.2, 0.25) is 0 Å². The van der Waals surface area contributed by atoms with Crippen LogP contribution in [0.1, 0.15) is 0 Å². The molecule has 0 aliphatic carbocycles. The van der Waals surface area contributed by atoms with E-state index in [4.69, 9.17) is 9.97 Å². The Hall–Kier alpha value is -6.85. The van der Waals surface area contributed by atoms with Crippen LogP contribution in [0.5, 0.6) is 0 Å². The lowest BCUT2D eigenvalue weighted by atomic mass is 9.98. The van der Waals surface area contributed by atoms with Crippen LogP contribution in [0, 0.1) is 0 Å². The van der Waals surface area contributed by atoms with Gasteiger partial charge >= 0.3 is 0 Å².